The highest BCUT2D eigenvalue weighted by Crippen LogP contribution is 2.24. The van der Waals surface area contributed by atoms with Crippen LogP contribution in [-0.2, 0) is 0 Å². The van der Waals surface area contributed by atoms with Gasteiger partial charge in [0, 0.05) is 0 Å². The van der Waals surface area contributed by atoms with Crippen molar-refractivity contribution in [1.82, 2.24) is 0 Å². The molecule has 41 heavy (non-hydrogen) atoms. The molecule has 0 aliphatic heterocycles. The first-order valence-corrected chi connectivity index (χ1v) is 20.1. The number of hydrogen-bond acceptors (Lipinski definition) is 0. The molecule has 0 amide bonds. The molecule has 0 aromatic heterocycles. The first kappa shape index (κ1) is 41.0. The van der Waals surface area contributed by atoms with Crippen molar-refractivity contribution in [3.05, 3.63) is 6.92 Å². The molecular weight excluding hydrogens is 492 g/mol. The first-order valence-electron chi connectivity index (χ1n) is 20.1. The maximum atomic E-state index is 4.11. The molecule has 1 radical (unpaired) electrons. The van der Waals surface area contributed by atoms with Gasteiger partial charge in [-0.15, -0.1) is 0 Å². The van der Waals surface area contributed by atoms with Gasteiger partial charge in [0.05, 0.1) is 0 Å². The van der Waals surface area contributed by atoms with Crippen LogP contribution in [0.3, 0.4) is 0 Å². The van der Waals surface area contributed by atoms with Crippen LogP contribution < -0.4 is 0 Å². The molecule has 1 atom stereocenters. The standard InChI is InChI=1S/C41H83/c1-4-7-10-12-14-16-18-19-20-21-22-23-24-25-26-27-29-31-33-35-37-40-41(38-9-6-3)39-36-34-32-30-28-17-15-13-11-8-5-2/h41H,3-40H2,1-2H3. The van der Waals surface area contributed by atoms with E-state index in [0.717, 1.165) is 12.3 Å². The third-order valence-electron chi connectivity index (χ3n) is 9.79. The number of rotatable bonds is 37. The average Bonchev–Trinajstić information content (AvgIpc) is 2.98. The highest BCUT2D eigenvalue weighted by atomic mass is 14.1. The Labute approximate surface area is 263 Å². The van der Waals surface area contributed by atoms with E-state index in [0.29, 0.717) is 0 Å². The Bertz CT molecular complexity index is 426. The predicted molar refractivity (Wildman–Crippen MR) is 191 cm³/mol. The van der Waals surface area contributed by atoms with Crippen molar-refractivity contribution in [1.29, 1.82) is 0 Å². The van der Waals surface area contributed by atoms with Crippen molar-refractivity contribution in [2.45, 2.75) is 251 Å². The van der Waals surface area contributed by atoms with Gasteiger partial charge in [-0.2, -0.15) is 0 Å². The van der Waals surface area contributed by atoms with E-state index in [4.69, 9.17) is 0 Å². The molecule has 0 N–H and O–H groups in total. The minimum Gasteiger partial charge on any atom is -0.0654 e. The predicted octanol–water partition coefficient (Wildman–Crippen LogP) is 15.9. The SMILES string of the molecule is [CH2]CCCC(CCCCCCCCCCCCC)CCCCCCCCCCCCCCCCCCCCCCC. The van der Waals surface area contributed by atoms with Gasteiger partial charge in [-0.25, -0.2) is 0 Å². The maximum Gasteiger partial charge on any atom is -0.0414 e. The van der Waals surface area contributed by atoms with Crippen molar-refractivity contribution in [2.75, 3.05) is 0 Å². The summed E-state index contributed by atoms with van der Waals surface area (Å²) < 4.78 is 0. The van der Waals surface area contributed by atoms with E-state index >= 15 is 0 Å². The van der Waals surface area contributed by atoms with E-state index in [-0.39, 0.29) is 0 Å². The van der Waals surface area contributed by atoms with Crippen molar-refractivity contribution >= 4 is 0 Å². The monoisotopic (exact) mass is 576 g/mol. The van der Waals surface area contributed by atoms with Gasteiger partial charge in [0.1, 0.15) is 0 Å². The van der Waals surface area contributed by atoms with Crippen LogP contribution in [-0.4, -0.2) is 0 Å². The Morgan fingerprint density at radius 3 is 0.683 bits per heavy atom. The van der Waals surface area contributed by atoms with Gasteiger partial charge in [0.25, 0.3) is 0 Å². The van der Waals surface area contributed by atoms with E-state index in [1.165, 1.54) is 231 Å². The van der Waals surface area contributed by atoms with Gasteiger partial charge < -0.3 is 0 Å². The zero-order valence-electron chi connectivity index (χ0n) is 29.4. The Hall–Kier alpha value is 0. The van der Waals surface area contributed by atoms with Gasteiger partial charge >= 0.3 is 0 Å². The fourth-order valence-electron chi connectivity index (χ4n) is 6.83. The molecule has 0 rings (SSSR count). The van der Waals surface area contributed by atoms with E-state index < -0.39 is 0 Å². The third-order valence-corrected chi connectivity index (χ3v) is 9.79. The molecule has 0 saturated heterocycles. The van der Waals surface area contributed by atoms with Crippen LogP contribution in [0.25, 0.3) is 0 Å². The van der Waals surface area contributed by atoms with Gasteiger partial charge in [-0.3, -0.25) is 0 Å². The Morgan fingerprint density at radius 1 is 0.268 bits per heavy atom. The van der Waals surface area contributed by atoms with Crippen molar-refractivity contribution in [2.24, 2.45) is 5.92 Å². The van der Waals surface area contributed by atoms with Crippen LogP contribution in [0.2, 0.25) is 0 Å². The molecule has 247 valence electrons. The molecule has 0 bridgehead atoms. The Balaban J connectivity index is 3.39. The van der Waals surface area contributed by atoms with Crippen molar-refractivity contribution in [3.8, 4) is 0 Å². The zero-order chi connectivity index (χ0) is 29.7. The van der Waals surface area contributed by atoms with Crippen molar-refractivity contribution in [3.63, 3.8) is 0 Å². The minimum atomic E-state index is 0.996. The normalized spacial score (nSPS) is 12.4. The number of hydrogen-bond donors (Lipinski definition) is 0. The van der Waals surface area contributed by atoms with Gasteiger partial charge in [0.2, 0.25) is 0 Å². The van der Waals surface area contributed by atoms with Crippen LogP contribution in [0.5, 0.6) is 0 Å². The van der Waals surface area contributed by atoms with Gasteiger partial charge in [-0.1, -0.05) is 258 Å². The second-order valence-electron chi connectivity index (χ2n) is 14.0. The third kappa shape index (κ3) is 36.1. The lowest BCUT2D eigenvalue weighted by Gasteiger charge is -2.16. The maximum absolute atomic E-state index is 4.11. The van der Waals surface area contributed by atoms with E-state index in [1.807, 2.05) is 0 Å². The first-order chi connectivity index (χ1) is 20.3. The summed E-state index contributed by atoms with van der Waals surface area (Å²) >= 11 is 0. The topological polar surface area (TPSA) is 0 Å². The molecule has 0 fully saturated rings. The molecule has 0 aromatic rings. The minimum absolute atomic E-state index is 0.996. The summed E-state index contributed by atoms with van der Waals surface area (Å²) in [6.45, 7) is 8.73. The summed E-state index contributed by atoms with van der Waals surface area (Å²) in [5.41, 5.74) is 0. The lowest BCUT2D eigenvalue weighted by atomic mass is 9.90. The summed E-state index contributed by atoms with van der Waals surface area (Å²) in [5.74, 6) is 0.996. The molecule has 0 aliphatic rings. The van der Waals surface area contributed by atoms with E-state index in [9.17, 15) is 0 Å². The average molecular weight is 576 g/mol. The quantitative estimate of drug-likeness (QED) is 0.0646. The highest BCUT2D eigenvalue weighted by Gasteiger charge is 2.08. The number of unbranched alkanes of at least 4 members (excludes halogenated alkanes) is 31. The molecule has 0 heterocycles. The summed E-state index contributed by atoms with van der Waals surface area (Å²) in [7, 11) is 0. The van der Waals surface area contributed by atoms with Crippen LogP contribution in [0.1, 0.15) is 251 Å². The fourth-order valence-corrected chi connectivity index (χ4v) is 6.83. The summed E-state index contributed by atoms with van der Waals surface area (Å²) in [5, 5.41) is 0. The van der Waals surface area contributed by atoms with Crippen LogP contribution >= 0.6 is 0 Å². The molecule has 0 aliphatic carbocycles. The smallest absolute Gasteiger partial charge is 0.0414 e. The molecule has 0 aromatic carbocycles. The fraction of sp³-hybridized carbons (Fsp3) is 0.976. The zero-order valence-corrected chi connectivity index (χ0v) is 29.4. The molecule has 0 saturated carbocycles. The Morgan fingerprint density at radius 2 is 0.463 bits per heavy atom. The summed E-state index contributed by atoms with van der Waals surface area (Å²) in [6, 6.07) is 0. The second kappa shape index (κ2) is 38.0. The molecule has 0 heteroatoms. The molecular formula is C41H83. The molecule has 0 spiro atoms. The highest BCUT2D eigenvalue weighted by molar-refractivity contribution is 4.62. The van der Waals surface area contributed by atoms with Gasteiger partial charge in [0.15, 0.2) is 0 Å². The Kier molecular flexibility index (Phi) is 38.0. The lowest BCUT2D eigenvalue weighted by Crippen LogP contribution is -2.01. The molecule has 0 nitrogen and oxygen atoms in total. The summed E-state index contributed by atoms with van der Waals surface area (Å²) in [4.78, 5) is 0. The van der Waals surface area contributed by atoms with Crippen LogP contribution in [0, 0.1) is 12.8 Å². The second-order valence-corrected chi connectivity index (χ2v) is 14.0. The molecule has 1 unspecified atom stereocenters. The van der Waals surface area contributed by atoms with E-state index in [1.54, 1.807) is 0 Å². The van der Waals surface area contributed by atoms with Gasteiger partial charge in [-0.05, 0) is 5.92 Å². The summed E-state index contributed by atoms with van der Waals surface area (Å²) in [6.07, 6.45) is 54.1. The van der Waals surface area contributed by atoms with Crippen LogP contribution in [0.4, 0.5) is 0 Å². The van der Waals surface area contributed by atoms with Crippen LogP contribution in [0.15, 0.2) is 0 Å². The van der Waals surface area contributed by atoms with Crippen molar-refractivity contribution < 1.29 is 0 Å². The van der Waals surface area contributed by atoms with E-state index in [2.05, 4.69) is 20.8 Å². The lowest BCUT2D eigenvalue weighted by molar-refractivity contribution is 0.372. The largest absolute Gasteiger partial charge is 0.0654 e.